The van der Waals surface area contributed by atoms with Crippen molar-refractivity contribution in [2.24, 2.45) is 0 Å². The highest BCUT2D eigenvalue weighted by Gasteiger charge is 2.23. The number of hydrogen-bond donors (Lipinski definition) is 0. The fourth-order valence-electron chi connectivity index (χ4n) is 8.67. The number of furan rings is 1. The second kappa shape index (κ2) is 12.2. The third kappa shape index (κ3) is 4.99. The Morgan fingerprint density at radius 3 is 2.32 bits per heavy atom. The molecule has 0 spiro atoms. The third-order valence-corrected chi connectivity index (χ3v) is 12.3. The van der Waals surface area contributed by atoms with Gasteiger partial charge in [-0.15, -0.1) is 11.3 Å². The molecular formula is C50H35NOS. The van der Waals surface area contributed by atoms with Gasteiger partial charge in [0.25, 0.3) is 0 Å². The van der Waals surface area contributed by atoms with Crippen LogP contribution in [-0.4, -0.2) is 0 Å². The first-order valence-electron chi connectivity index (χ1n) is 18.6. The molecule has 0 saturated heterocycles. The van der Waals surface area contributed by atoms with E-state index in [2.05, 4.69) is 169 Å². The lowest BCUT2D eigenvalue weighted by Gasteiger charge is -2.28. The first-order chi connectivity index (χ1) is 26.3. The van der Waals surface area contributed by atoms with Gasteiger partial charge in [0.15, 0.2) is 5.42 Å². The van der Waals surface area contributed by atoms with Crippen LogP contribution < -0.4 is 15.5 Å². The normalized spacial score (nSPS) is 13.8. The van der Waals surface area contributed by atoms with Gasteiger partial charge in [-0.3, -0.25) is 0 Å². The molecule has 0 saturated carbocycles. The van der Waals surface area contributed by atoms with E-state index < -0.39 is 0 Å². The van der Waals surface area contributed by atoms with Crippen LogP contribution in [0, 0.1) is 0 Å². The quantitative estimate of drug-likeness (QED) is 0.178. The molecular weight excluding hydrogens is 663 g/mol. The SMILES string of the molecule is C1=Cc2c(ccc3cc(-c4ccc(N(C5=c6oc7cccc(-c8ccccc8)c7c6=CCC5)c5ccc6sc7ccccc7c6c5)cc4)ccc23)CC1. The van der Waals surface area contributed by atoms with Crippen molar-refractivity contribution >= 4 is 82.5 Å². The number of anilines is 2. The van der Waals surface area contributed by atoms with E-state index in [0.717, 1.165) is 48.1 Å². The van der Waals surface area contributed by atoms with Crippen molar-refractivity contribution < 1.29 is 4.42 Å². The molecule has 0 aliphatic heterocycles. The van der Waals surface area contributed by atoms with Crippen LogP contribution in [0.3, 0.4) is 0 Å². The molecule has 11 rings (SSSR count). The molecule has 9 aromatic rings. The predicted octanol–water partition coefficient (Wildman–Crippen LogP) is 12.8. The Labute approximate surface area is 311 Å². The van der Waals surface area contributed by atoms with Crippen LogP contribution in [0.4, 0.5) is 11.4 Å². The van der Waals surface area contributed by atoms with Crippen molar-refractivity contribution in [3.8, 4) is 22.3 Å². The summed E-state index contributed by atoms with van der Waals surface area (Å²) >= 11 is 1.86. The Hall–Kier alpha value is -6.16. The first kappa shape index (κ1) is 30.5. The second-order valence-corrected chi connectivity index (χ2v) is 15.3. The predicted molar refractivity (Wildman–Crippen MR) is 226 cm³/mol. The maximum Gasteiger partial charge on any atom is 0.154 e. The highest BCUT2D eigenvalue weighted by atomic mass is 32.1. The van der Waals surface area contributed by atoms with Crippen LogP contribution in [0.1, 0.15) is 30.4 Å². The summed E-state index contributed by atoms with van der Waals surface area (Å²) in [7, 11) is 0. The molecule has 2 nitrogen and oxygen atoms in total. The zero-order valence-electron chi connectivity index (χ0n) is 29.2. The molecule has 53 heavy (non-hydrogen) atoms. The Morgan fingerprint density at radius 1 is 0.566 bits per heavy atom. The molecule has 2 aliphatic carbocycles. The van der Waals surface area contributed by atoms with Crippen molar-refractivity contribution in [3.63, 3.8) is 0 Å². The molecule has 252 valence electrons. The molecule has 3 heteroatoms. The van der Waals surface area contributed by atoms with Crippen LogP contribution in [0.25, 0.3) is 82.0 Å². The van der Waals surface area contributed by atoms with Gasteiger partial charge in [0.1, 0.15) is 5.58 Å². The number of aryl methyl sites for hydroxylation is 1. The Morgan fingerprint density at radius 2 is 1.40 bits per heavy atom. The van der Waals surface area contributed by atoms with E-state index in [9.17, 15) is 0 Å². The molecule has 0 amide bonds. The van der Waals surface area contributed by atoms with Crippen molar-refractivity contribution in [3.05, 3.63) is 173 Å². The largest absolute Gasteiger partial charge is 0.454 e. The Bertz CT molecular complexity index is 3050. The number of rotatable bonds is 5. The summed E-state index contributed by atoms with van der Waals surface area (Å²) in [4.78, 5) is 2.45. The van der Waals surface area contributed by atoms with E-state index in [1.807, 2.05) is 11.3 Å². The van der Waals surface area contributed by atoms with Crippen LogP contribution >= 0.6 is 11.3 Å². The number of allylic oxidation sites excluding steroid dienone is 1. The van der Waals surface area contributed by atoms with Crippen molar-refractivity contribution in [1.29, 1.82) is 0 Å². The van der Waals surface area contributed by atoms with Gasteiger partial charge >= 0.3 is 0 Å². The van der Waals surface area contributed by atoms with Gasteiger partial charge in [-0.05, 0) is 118 Å². The number of thiophene rings is 1. The highest BCUT2D eigenvalue weighted by Crippen LogP contribution is 2.41. The van der Waals surface area contributed by atoms with E-state index in [1.54, 1.807) is 0 Å². The van der Waals surface area contributed by atoms with Crippen molar-refractivity contribution in [2.75, 3.05) is 4.90 Å². The Balaban J connectivity index is 1.09. The van der Waals surface area contributed by atoms with E-state index >= 15 is 0 Å². The average molecular weight is 698 g/mol. The van der Waals surface area contributed by atoms with E-state index in [-0.39, 0.29) is 0 Å². The Kier molecular flexibility index (Phi) is 7.03. The number of fused-ring (bicyclic) bond motifs is 9. The van der Waals surface area contributed by atoms with E-state index in [4.69, 9.17) is 4.42 Å². The van der Waals surface area contributed by atoms with Gasteiger partial charge in [-0.25, -0.2) is 0 Å². The summed E-state index contributed by atoms with van der Waals surface area (Å²) in [6.45, 7) is 0. The minimum atomic E-state index is 0.876. The second-order valence-electron chi connectivity index (χ2n) is 14.3. The zero-order valence-corrected chi connectivity index (χ0v) is 30.0. The molecule has 0 N–H and O–H groups in total. The molecule has 0 bridgehead atoms. The molecule has 0 radical (unpaired) electrons. The molecule has 2 aromatic heterocycles. The number of hydrogen-bond acceptors (Lipinski definition) is 3. The van der Waals surface area contributed by atoms with Crippen LogP contribution in [0.2, 0.25) is 0 Å². The summed E-state index contributed by atoms with van der Waals surface area (Å²) in [5.41, 5.74) is 13.0. The number of nitrogens with zero attached hydrogens (tertiary/aromatic N) is 1. The summed E-state index contributed by atoms with van der Waals surface area (Å²) in [6.07, 6.45) is 11.0. The maximum atomic E-state index is 6.89. The van der Waals surface area contributed by atoms with Gasteiger partial charge in [-0.2, -0.15) is 0 Å². The molecule has 0 fully saturated rings. The molecule has 0 unspecified atom stereocenters. The van der Waals surface area contributed by atoms with Gasteiger partial charge in [0.2, 0.25) is 0 Å². The monoisotopic (exact) mass is 697 g/mol. The molecule has 2 heterocycles. The average Bonchev–Trinajstić information content (AvgIpc) is 3.80. The summed E-state index contributed by atoms with van der Waals surface area (Å²) < 4.78 is 9.51. The number of benzene rings is 7. The van der Waals surface area contributed by atoms with Gasteiger partial charge < -0.3 is 9.32 Å². The topological polar surface area (TPSA) is 16.4 Å². The van der Waals surface area contributed by atoms with Crippen LogP contribution in [0.5, 0.6) is 0 Å². The lowest BCUT2D eigenvalue weighted by atomic mass is 9.91. The summed E-state index contributed by atoms with van der Waals surface area (Å²) in [5, 5.41) is 7.60. The smallest absolute Gasteiger partial charge is 0.154 e. The third-order valence-electron chi connectivity index (χ3n) is 11.2. The van der Waals surface area contributed by atoms with Crippen LogP contribution in [0.15, 0.2) is 156 Å². The van der Waals surface area contributed by atoms with E-state index in [0.29, 0.717) is 0 Å². The fourth-order valence-corrected chi connectivity index (χ4v) is 9.76. The lowest BCUT2D eigenvalue weighted by molar-refractivity contribution is 0.566. The lowest BCUT2D eigenvalue weighted by Crippen LogP contribution is -2.33. The highest BCUT2D eigenvalue weighted by molar-refractivity contribution is 7.25. The van der Waals surface area contributed by atoms with Gasteiger partial charge in [0.05, 0.1) is 5.70 Å². The molecule has 2 aliphatic rings. The summed E-state index contributed by atoms with van der Waals surface area (Å²) in [5.74, 6) is 0. The molecule has 0 atom stereocenters. The van der Waals surface area contributed by atoms with Crippen LogP contribution in [-0.2, 0) is 6.42 Å². The first-order valence-corrected chi connectivity index (χ1v) is 19.4. The summed E-state index contributed by atoms with van der Waals surface area (Å²) in [6, 6.07) is 53.5. The van der Waals surface area contributed by atoms with Gasteiger partial charge in [0, 0.05) is 42.2 Å². The maximum absolute atomic E-state index is 6.89. The minimum Gasteiger partial charge on any atom is -0.454 e. The molecule has 7 aromatic carbocycles. The van der Waals surface area contributed by atoms with E-state index in [1.165, 1.54) is 80.6 Å². The zero-order chi connectivity index (χ0) is 34.9. The minimum absolute atomic E-state index is 0.876. The standard InChI is InChI=1S/C50H35NOS/c1-2-10-33(11-3-1)41-15-9-18-46-49(41)43-16-8-17-45(50(43)52-46)51(38-27-29-48-44(31-38)42-14-6-7-19-47(42)53-48)37-25-22-32(23-26-37)35-24-28-40-36(30-35)21-20-34-12-4-5-13-39(34)40/h1-3,5-7,9-11,13-16,18-31H,4,8,12,17H2. The van der Waals surface area contributed by atoms with Crippen molar-refractivity contribution in [1.82, 2.24) is 0 Å². The van der Waals surface area contributed by atoms with Crippen molar-refractivity contribution in [2.45, 2.75) is 25.7 Å². The van der Waals surface area contributed by atoms with Gasteiger partial charge in [-0.1, -0.05) is 115 Å². The fraction of sp³-hybridized carbons (Fsp3) is 0.0800.